The fourth-order valence-electron chi connectivity index (χ4n) is 2.53. The summed E-state index contributed by atoms with van der Waals surface area (Å²) in [7, 11) is -4.41. The van der Waals surface area contributed by atoms with Crippen LogP contribution in [0.5, 0.6) is 0 Å². The first-order valence-corrected chi connectivity index (χ1v) is 12.0. The average molecular weight is 548 g/mol. The van der Waals surface area contributed by atoms with Crippen molar-refractivity contribution in [1.29, 1.82) is 0 Å². The minimum absolute atomic E-state index is 0. The SMILES string of the molecule is CCCCON=C(C(=O)N[C@@H]1C(=O)N(S(=O)(=O)[O-])[C@@H]1C(=O)OC)c1csc(NC(=O)CCl)n1.[Na+]. The molecule has 0 spiro atoms. The van der Waals surface area contributed by atoms with Gasteiger partial charge in [-0.15, -0.1) is 22.9 Å². The molecule has 0 unspecified atom stereocenters. The Labute approximate surface area is 225 Å². The Balaban J connectivity index is 0.00000578. The molecule has 0 radical (unpaired) electrons. The van der Waals surface area contributed by atoms with Crippen molar-refractivity contribution in [2.75, 3.05) is 24.9 Å². The van der Waals surface area contributed by atoms with Crippen molar-refractivity contribution in [1.82, 2.24) is 14.6 Å². The summed E-state index contributed by atoms with van der Waals surface area (Å²) in [6, 6.07) is -3.59. The summed E-state index contributed by atoms with van der Waals surface area (Å²) < 4.78 is 38.1. The normalized spacial score (nSPS) is 17.8. The van der Waals surface area contributed by atoms with Crippen LogP contribution in [0, 0.1) is 0 Å². The maximum Gasteiger partial charge on any atom is 1.00 e. The molecule has 1 aliphatic heterocycles. The predicted octanol–water partition coefficient (Wildman–Crippen LogP) is -3.83. The number of anilines is 1. The molecule has 2 heterocycles. The van der Waals surface area contributed by atoms with E-state index < -0.39 is 51.8 Å². The van der Waals surface area contributed by atoms with Gasteiger partial charge in [-0.3, -0.25) is 14.4 Å². The third-order valence-electron chi connectivity index (χ3n) is 4.10. The monoisotopic (exact) mass is 547 g/mol. The number of carbonyl (C=O) groups excluding carboxylic acids is 4. The van der Waals surface area contributed by atoms with E-state index in [2.05, 4.69) is 25.5 Å². The number of thiazole rings is 1. The number of halogens is 1. The minimum atomic E-state index is -5.33. The minimum Gasteiger partial charge on any atom is -0.731 e. The average Bonchev–Trinajstić information content (AvgIpc) is 3.21. The molecule has 3 amide bonds. The molecule has 14 nitrogen and oxygen atoms in total. The summed E-state index contributed by atoms with van der Waals surface area (Å²) >= 11 is 6.37. The molecule has 182 valence electrons. The fourth-order valence-corrected chi connectivity index (χ4v) is 4.13. The Morgan fingerprint density at radius 3 is 2.62 bits per heavy atom. The molecule has 1 fully saturated rings. The van der Waals surface area contributed by atoms with Crippen molar-refractivity contribution in [3.63, 3.8) is 0 Å². The molecule has 0 saturated carbocycles. The van der Waals surface area contributed by atoms with Gasteiger partial charge in [-0.2, -0.15) is 0 Å². The smallest absolute Gasteiger partial charge is 0.731 e. The van der Waals surface area contributed by atoms with Gasteiger partial charge in [0.25, 0.3) is 11.8 Å². The van der Waals surface area contributed by atoms with E-state index in [1.807, 2.05) is 6.92 Å². The number of amides is 3. The number of rotatable bonds is 11. The van der Waals surface area contributed by atoms with Gasteiger partial charge in [0.2, 0.25) is 5.91 Å². The van der Waals surface area contributed by atoms with Crippen LogP contribution in [0.1, 0.15) is 25.5 Å². The van der Waals surface area contributed by atoms with Crippen LogP contribution in [0.15, 0.2) is 10.5 Å². The van der Waals surface area contributed by atoms with E-state index in [-0.39, 0.29) is 57.2 Å². The third kappa shape index (κ3) is 7.34. The standard InChI is InChI=1S/C16H20ClN5O9S2.Na/c1-3-4-5-31-21-10(8-7-32-16(18-8)19-9(23)6-17)13(24)20-11-12(15(26)30-2)22(14(11)25)33(27,28)29;/h7,11-12H,3-6H2,1-2H3,(H,20,24)(H,18,19,23)(H,27,28,29);/q;+1/p-1/t11-,12-;/m0./s1. The number of nitrogens with zero attached hydrogens (tertiary/aromatic N) is 3. The quantitative estimate of drug-likeness (QED) is 0.0404. The van der Waals surface area contributed by atoms with E-state index in [0.717, 1.165) is 24.9 Å². The van der Waals surface area contributed by atoms with Crippen molar-refractivity contribution >= 4 is 67.8 Å². The molecule has 0 aromatic carbocycles. The van der Waals surface area contributed by atoms with Crippen LogP contribution in [0.3, 0.4) is 0 Å². The van der Waals surface area contributed by atoms with Gasteiger partial charge in [0.05, 0.1) is 7.11 Å². The molecule has 1 aliphatic rings. The van der Waals surface area contributed by atoms with Gasteiger partial charge < -0.3 is 24.8 Å². The number of hydrogen-bond donors (Lipinski definition) is 2. The first-order chi connectivity index (χ1) is 15.5. The fraction of sp³-hybridized carbons (Fsp3) is 0.500. The zero-order valence-electron chi connectivity index (χ0n) is 18.3. The molecular formula is C16H19ClN5NaO9S2. The van der Waals surface area contributed by atoms with E-state index in [0.29, 0.717) is 6.42 Å². The molecule has 1 saturated heterocycles. The Bertz CT molecular complexity index is 1070. The van der Waals surface area contributed by atoms with Crippen LogP contribution >= 0.6 is 22.9 Å². The van der Waals surface area contributed by atoms with Crippen molar-refractivity contribution < 1.29 is 71.3 Å². The van der Waals surface area contributed by atoms with E-state index in [4.69, 9.17) is 16.4 Å². The number of alkyl halides is 1. The molecule has 34 heavy (non-hydrogen) atoms. The predicted molar refractivity (Wildman–Crippen MR) is 113 cm³/mol. The topological polar surface area (TPSA) is 196 Å². The van der Waals surface area contributed by atoms with Crippen LogP contribution in [0.4, 0.5) is 5.13 Å². The molecule has 2 N–H and O–H groups in total. The Hall–Kier alpha value is -1.82. The van der Waals surface area contributed by atoms with Gasteiger partial charge in [-0.1, -0.05) is 18.5 Å². The van der Waals surface area contributed by atoms with Gasteiger partial charge in [-0.25, -0.2) is 22.5 Å². The number of esters is 1. The number of oxime groups is 1. The van der Waals surface area contributed by atoms with Gasteiger partial charge in [-0.05, 0) is 6.42 Å². The first-order valence-electron chi connectivity index (χ1n) is 9.24. The molecule has 1 aromatic rings. The maximum atomic E-state index is 12.8. The second-order valence-electron chi connectivity index (χ2n) is 6.36. The summed E-state index contributed by atoms with van der Waals surface area (Å²) in [4.78, 5) is 57.5. The summed E-state index contributed by atoms with van der Waals surface area (Å²) in [5.41, 5.74) is -0.470. The number of β-lactam (4-membered cyclic amide) rings is 1. The zero-order chi connectivity index (χ0) is 24.8. The Morgan fingerprint density at radius 2 is 2.06 bits per heavy atom. The number of methoxy groups -OCH3 is 1. The molecule has 0 aliphatic carbocycles. The van der Waals surface area contributed by atoms with Crippen molar-refractivity contribution in [3.8, 4) is 0 Å². The second kappa shape index (κ2) is 13.3. The Kier molecular flexibility index (Phi) is 11.8. The number of nitrogens with one attached hydrogen (secondary N) is 2. The third-order valence-corrected chi connectivity index (χ3v) is 5.99. The summed E-state index contributed by atoms with van der Waals surface area (Å²) in [6.45, 7) is 2.06. The van der Waals surface area contributed by atoms with Crippen LogP contribution in [0.25, 0.3) is 0 Å². The van der Waals surface area contributed by atoms with E-state index in [1.165, 1.54) is 5.38 Å². The van der Waals surface area contributed by atoms with E-state index >= 15 is 0 Å². The summed E-state index contributed by atoms with van der Waals surface area (Å²) in [5, 5.41) is 9.72. The number of hydrogen-bond acceptors (Lipinski definition) is 12. The summed E-state index contributed by atoms with van der Waals surface area (Å²) in [5.74, 6) is -4.47. The first kappa shape index (κ1) is 30.2. The van der Waals surface area contributed by atoms with Crippen LogP contribution in [0.2, 0.25) is 0 Å². The summed E-state index contributed by atoms with van der Waals surface area (Å²) in [6.07, 6.45) is 1.40. The van der Waals surface area contributed by atoms with E-state index in [9.17, 15) is 32.1 Å². The zero-order valence-corrected chi connectivity index (χ0v) is 22.7. The van der Waals surface area contributed by atoms with Crippen molar-refractivity contribution in [2.45, 2.75) is 31.8 Å². The van der Waals surface area contributed by atoms with Gasteiger partial charge in [0.15, 0.2) is 27.2 Å². The molecule has 0 bridgehead atoms. The molecule has 2 rings (SSSR count). The van der Waals surface area contributed by atoms with Crippen molar-refractivity contribution in [3.05, 3.63) is 11.1 Å². The maximum absolute atomic E-state index is 12.8. The number of unbranched alkanes of at least 4 members (excludes halogenated alkanes) is 1. The number of carbonyl (C=O) groups is 4. The van der Waals surface area contributed by atoms with Crippen LogP contribution in [-0.4, -0.2) is 83.3 Å². The van der Waals surface area contributed by atoms with Crippen molar-refractivity contribution in [2.24, 2.45) is 5.16 Å². The molecule has 1 aromatic heterocycles. The molecular weight excluding hydrogens is 529 g/mol. The number of aromatic nitrogens is 1. The van der Waals surface area contributed by atoms with E-state index in [1.54, 1.807) is 0 Å². The molecule has 2 atom stereocenters. The largest absolute Gasteiger partial charge is 1.00 e. The van der Waals surface area contributed by atoms with Gasteiger partial charge in [0.1, 0.15) is 24.2 Å². The van der Waals surface area contributed by atoms with Crippen LogP contribution < -0.4 is 40.2 Å². The molecule has 18 heteroatoms. The second-order valence-corrected chi connectivity index (χ2v) is 8.73. The Morgan fingerprint density at radius 1 is 1.38 bits per heavy atom. The van der Waals surface area contributed by atoms with Gasteiger partial charge in [0, 0.05) is 5.38 Å². The van der Waals surface area contributed by atoms with Gasteiger partial charge >= 0.3 is 35.5 Å². The number of ether oxygens (including phenoxy) is 1. The van der Waals surface area contributed by atoms with Crippen LogP contribution in [-0.2, 0) is 39.1 Å².